The van der Waals surface area contributed by atoms with E-state index in [1.165, 1.54) is 4.88 Å². The number of hydrogen-bond acceptors (Lipinski definition) is 6. The van der Waals surface area contributed by atoms with E-state index in [2.05, 4.69) is 46.5 Å². The normalized spacial score (nSPS) is 13.9. The number of likely N-dealkylation sites (N-methyl/N-ethyl adjacent to an activating group) is 1. The van der Waals surface area contributed by atoms with Crippen LogP contribution in [0.15, 0.2) is 22.0 Å². The van der Waals surface area contributed by atoms with Gasteiger partial charge in [-0.2, -0.15) is 4.98 Å². The van der Waals surface area contributed by atoms with E-state index in [0.717, 1.165) is 6.42 Å². The van der Waals surface area contributed by atoms with Gasteiger partial charge in [-0.05, 0) is 45.7 Å². The number of nitrogens with two attached hydrogens (primary N) is 1. The van der Waals surface area contributed by atoms with Crippen molar-refractivity contribution in [3.8, 4) is 0 Å². The van der Waals surface area contributed by atoms with Crippen LogP contribution in [0.4, 0.5) is 0 Å². The fourth-order valence-electron chi connectivity index (χ4n) is 1.83. The first-order chi connectivity index (χ1) is 9.36. The van der Waals surface area contributed by atoms with Gasteiger partial charge in [0.15, 0.2) is 5.82 Å². The van der Waals surface area contributed by atoms with Crippen LogP contribution < -0.4 is 5.73 Å². The quantitative estimate of drug-likeness (QED) is 0.886. The average molecular weight is 294 g/mol. The highest BCUT2D eigenvalue weighted by atomic mass is 32.1. The number of rotatable bonds is 6. The third kappa shape index (κ3) is 3.88. The maximum atomic E-state index is 5.95. The standard InChI is InChI=1S/C14H22N4OS/c1-10(8-11-6-5-7-20-11)18(4)9-12-16-13(17-19-12)14(2,3)15/h5-7,10H,8-9,15H2,1-4H3. The van der Waals surface area contributed by atoms with Crippen LogP contribution in [-0.4, -0.2) is 28.1 Å². The Bertz CT molecular complexity index is 530. The molecule has 2 heterocycles. The number of aromatic nitrogens is 2. The van der Waals surface area contributed by atoms with E-state index in [1.807, 2.05) is 13.8 Å². The van der Waals surface area contributed by atoms with E-state index in [-0.39, 0.29) is 0 Å². The first-order valence-corrected chi connectivity index (χ1v) is 7.59. The molecule has 0 aromatic carbocycles. The molecule has 0 bridgehead atoms. The van der Waals surface area contributed by atoms with Crippen LogP contribution in [0.3, 0.4) is 0 Å². The molecule has 2 N–H and O–H groups in total. The zero-order valence-electron chi connectivity index (χ0n) is 12.5. The summed E-state index contributed by atoms with van der Waals surface area (Å²) in [6.07, 6.45) is 1.03. The topological polar surface area (TPSA) is 68.2 Å². The molecule has 0 spiro atoms. The fraction of sp³-hybridized carbons (Fsp3) is 0.571. The minimum absolute atomic E-state index is 0.412. The number of nitrogens with zero attached hydrogens (tertiary/aromatic N) is 3. The van der Waals surface area contributed by atoms with Crippen molar-refractivity contribution in [2.45, 2.75) is 45.3 Å². The van der Waals surface area contributed by atoms with Crippen LogP contribution in [0, 0.1) is 0 Å². The third-order valence-electron chi connectivity index (χ3n) is 3.26. The summed E-state index contributed by atoms with van der Waals surface area (Å²) in [5, 5.41) is 6.05. The Labute approximate surface area is 123 Å². The monoisotopic (exact) mass is 294 g/mol. The van der Waals surface area contributed by atoms with Crippen molar-refractivity contribution in [2.75, 3.05) is 7.05 Å². The number of thiophene rings is 1. The predicted octanol–water partition coefficient (Wildman–Crippen LogP) is 2.39. The van der Waals surface area contributed by atoms with Crippen LogP contribution in [0.5, 0.6) is 0 Å². The van der Waals surface area contributed by atoms with Gasteiger partial charge in [0.05, 0.1) is 12.1 Å². The van der Waals surface area contributed by atoms with Crippen molar-refractivity contribution in [1.82, 2.24) is 15.0 Å². The van der Waals surface area contributed by atoms with E-state index in [0.29, 0.717) is 24.3 Å². The molecule has 2 aromatic rings. The number of hydrogen-bond donors (Lipinski definition) is 1. The highest BCUT2D eigenvalue weighted by molar-refractivity contribution is 7.09. The zero-order valence-corrected chi connectivity index (χ0v) is 13.3. The Kier molecular flexibility index (Phi) is 4.57. The molecule has 0 aliphatic rings. The molecule has 20 heavy (non-hydrogen) atoms. The Morgan fingerprint density at radius 3 is 2.80 bits per heavy atom. The molecule has 1 atom stereocenters. The maximum Gasteiger partial charge on any atom is 0.240 e. The minimum Gasteiger partial charge on any atom is -0.338 e. The molecule has 110 valence electrons. The lowest BCUT2D eigenvalue weighted by atomic mass is 10.1. The second-order valence-electron chi connectivity index (χ2n) is 5.78. The fourth-order valence-corrected chi connectivity index (χ4v) is 2.65. The summed E-state index contributed by atoms with van der Waals surface area (Å²) in [6.45, 7) is 6.56. The molecular weight excluding hydrogens is 272 g/mol. The summed E-state index contributed by atoms with van der Waals surface area (Å²) in [5.74, 6) is 1.16. The third-order valence-corrected chi connectivity index (χ3v) is 4.16. The molecule has 2 rings (SSSR count). The summed E-state index contributed by atoms with van der Waals surface area (Å²) in [6, 6.07) is 4.66. The molecule has 0 aliphatic heterocycles. The lowest BCUT2D eigenvalue weighted by Crippen LogP contribution is -2.31. The molecule has 0 fully saturated rings. The largest absolute Gasteiger partial charge is 0.338 e. The lowest BCUT2D eigenvalue weighted by molar-refractivity contribution is 0.214. The molecule has 2 aromatic heterocycles. The molecular formula is C14H22N4OS. The second-order valence-corrected chi connectivity index (χ2v) is 6.81. The Morgan fingerprint density at radius 1 is 1.50 bits per heavy atom. The van der Waals surface area contributed by atoms with Crippen LogP contribution in [0.1, 0.15) is 37.4 Å². The molecule has 0 saturated heterocycles. The predicted molar refractivity (Wildman–Crippen MR) is 80.5 cm³/mol. The summed E-state index contributed by atoms with van der Waals surface area (Å²) in [4.78, 5) is 7.96. The van der Waals surface area contributed by atoms with E-state index in [1.54, 1.807) is 11.3 Å². The van der Waals surface area contributed by atoms with Gasteiger partial charge in [-0.15, -0.1) is 11.3 Å². The van der Waals surface area contributed by atoms with Gasteiger partial charge in [-0.1, -0.05) is 11.2 Å². The van der Waals surface area contributed by atoms with Crippen LogP contribution >= 0.6 is 11.3 Å². The van der Waals surface area contributed by atoms with Crippen molar-refractivity contribution in [3.63, 3.8) is 0 Å². The van der Waals surface area contributed by atoms with Gasteiger partial charge in [0.1, 0.15) is 0 Å². The van der Waals surface area contributed by atoms with E-state index in [4.69, 9.17) is 10.3 Å². The van der Waals surface area contributed by atoms with Crippen LogP contribution in [-0.2, 0) is 18.5 Å². The smallest absolute Gasteiger partial charge is 0.240 e. The van der Waals surface area contributed by atoms with E-state index in [9.17, 15) is 0 Å². The highest BCUT2D eigenvalue weighted by Crippen LogP contribution is 2.16. The molecule has 0 radical (unpaired) electrons. The summed E-state index contributed by atoms with van der Waals surface area (Å²) in [5.41, 5.74) is 5.39. The maximum absolute atomic E-state index is 5.95. The van der Waals surface area contributed by atoms with Gasteiger partial charge < -0.3 is 10.3 Å². The van der Waals surface area contributed by atoms with Crippen molar-refractivity contribution in [1.29, 1.82) is 0 Å². The van der Waals surface area contributed by atoms with Crippen molar-refractivity contribution in [3.05, 3.63) is 34.1 Å². The second kappa shape index (κ2) is 6.03. The molecule has 0 saturated carbocycles. The van der Waals surface area contributed by atoms with Crippen LogP contribution in [0.25, 0.3) is 0 Å². The summed E-state index contributed by atoms with van der Waals surface area (Å²) in [7, 11) is 2.07. The SMILES string of the molecule is CC(Cc1cccs1)N(C)Cc1nc(C(C)(C)N)no1. The molecule has 1 unspecified atom stereocenters. The lowest BCUT2D eigenvalue weighted by Gasteiger charge is -2.22. The Balaban J connectivity index is 1.93. The molecule has 0 amide bonds. The van der Waals surface area contributed by atoms with Gasteiger partial charge in [0.2, 0.25) is 5.89 Å². The van der Waals surface area contributed by atoms with Gasteiger partial charge in [-0.3, -0.25) is 4.90 Å². The van der Waals surface area contributed by atoms with Gasteiger partial charge in [0.25, 0.3) is 0 Å². The highest BCUT2D eigenvalue weighted by Gasteiger charge is 2.22. The van der Waals surface area contributed by atoms with E-state index >= 15 is 0 Å². The zero-order chi connectivity index (χ0) is 14.8. The summed E-state index contributed by atoms with van der Waals surface area (Å²) < 4.78 is 5.27. The minimum atomic E-state index is -0.567. The van der Waals surface area contributed by atoms with Gasteiger partial charge in [-0.25, -0.2) is 0 Å². The van der Waals surface area contributed by atoms with Crippen LogP contribution in [0.2, 0.25) is 0 Å². The van der Waals surface area contributed by atoms with Crippen molar-refractivity contribution >= 4 is 11.3 Å². The first-order valence-electron chi connectivity index (χ1n) is 6.71. The van der Waals surface area contributed by atoms with E-state index < -0.39 is 5.54 Å². The van der Waals surface area contributed by atoms with Gasteiger partial charge in [0, 0.05) is 10.9 Å². The van der Waals surface area contributed by atoms with Gasteiger partial charge >= 0.3 is 0 Å². The first kappa shape index (κ1) is 15.2. The average Bonchev–Trinajstić information content (AvgIpc) is 2.98. The molecule has 0 aliphatic carbocycles. The Morgan fingerprint density at radius 2 is 2.25 bits per heavy atom. The Hall–Kier alpha value is -1.24. The molecule has 5 nitrogen and oxygen atoms in total. The van der Waals surface area contributed by atoms with Crippen molar-refractivity contribution in [2.24, 2.45) is 5.73 Å². The van der Waals surface area contributed by atoms with Crippen molar-refractivity contribution < 1.29 is 4.52 Å². The molecule has 6 heteroatoms. The summed E-state index contributed by atoms with van der Waals surface area (Å²) >= 11 is 1.79.